The molecule has 11 heavy (non-hydrogen) atoms. The highest BCUT2D eigenvalue weighted by molar-refractivity contribution is 5.89. The molecule has 1 aromatic carbocycles. The van der Waals surface area contributed by atoms with E-state index in [1.807, 2.05) is 24.3 Å². The third-order valence-electron chi connectivity index (χ3n) is 1.29. The van der Waals surface area contributed by atoms with Gasteiger partial charge >= 0.3 is 27.6 Å². The number of fused-ring (bicyclic) bond motifs is 1. The Kier molecular flexibility index (Phi) is 2.45. The minimum Gasteiger partial charge on any atom is -0.870 e. The molecule has 1 aromatic rings. The maximum atomic E-state index is 10.9. The van der Waals surface area contributed by atoms with Gasteiger partial charge in [0.25, 0.3) is 0 Å². The molecule has 0 aromatic heterocycles. The van der Waals surface area contributed by atoms with Crippen molar-refractivity contribution in [3.63, 3.8) is 0 Å². The van der Waals surface area contributed by atoms with Crippen LogP contribution in [-0.2, 0) is 3.07 Å². The predicted molar refractivity (Wildman–Crippen MR) is 32.5 cm³/mol. The molecule has 0 radical (unpaired) electrons. The van der Waals surface area contributed by atoms with Gasteiger partial charge in [0.2, 0.25) is 3.57 Å². The van der Waals surface area contributed by atoms with Crippen LogP contribution < -0.4 is 21.6 Å². The van der Waals surface area contributed by atoms with E-state index in [0.29, 0.717) is 0 Å². The standard InChI is InChI=1S/C7H4IO2.H2O/c9-7-5-3-1-2-4-6(5)8-10-7;/h1-4H;1H2/q+1;/p-1. The van der Waals surface area contributed by atoms with Crippen LogP contribution in [0.2, 0.25) is 0 Å². The minimum atomic E-state index is -0.467. The fourth-order valence-electron chi connectivity index (χ4n) is 0.812. The first-order chi connectivity index (χ1) is 4.88. The highest BCUT2D eigenvalue weighted by atomic mass is 127. The lowest BCUT2D eigenvalue weighted by Crippen LogP contribution is -3.61. The molecule has 2 rings (SSSR count). The Morgan fingerprint density at radius 3 is 2.73 bits per heavy atom. The molecule has 0 unspecified atom stereocenters. The van der Waals surface area contributed by atoms with Gasteiger partial charge in [0.05, 0.1) is 0 Å². The third-order valence-corrected chi connectivity index (χ3v) is 3.32. The Morgan fingerprint density at radius 2 is 2.00 bits per heavy atom. The van der Waals surface area contributed by atoms with Crippen molar-refractivity contribution in [2.45, 2.75) is 0 Å². The summed E-state index contributed by atoms with van der Waals surface area (Å²) in [5, 5.41) is 0. The van der Waals surface area contributed by atoms with Crippen molar-refractivity contribution in [2.24, 2.45) is 0 Å². The summed E-state index contributed by atoms with van der Waals surface area (Å²) in [5.41, 5.74) is 0.760. The number of carbonyl (C=O) groups excluding carboxylic acids is 1. The average molecular weight is 264 g/mol. The second-order valence-electron chi connectivity index (χ2n) is 1.92. The summed E-state index contributed by atoms with van der Waals surface area (Å²) >= 11 is -0.467. The molecule has 58 valence electrons. The molecule has 0 spiro atoms. The van der Waals surface area contributed by atoms with Gasteiger partial charge in [-0.1, -0.05) is 12.1 Å². The van der Waals surface area contributed by atoms with E-state index in [-0.39, 0.29) is 11.4 Å². The molecule has 3 nitrogen and oxygen atoms in total. The molecule has 0 saturated heterocycles. The normalized spacial score (nSPS) is 13.3. The van der Waals surface area contributed by atoms with Crippen LogP contribution in [0, 0.1) is 3.57 Å². The van der Waals surface area contributed by atoms with Crippen molar-refractivity contribution >= 4 is 5.97 Å². The quantitative estimate of drug-likeness (QED) is 0.502. The average Bonchev–Trinajstić information content (AvgIpc) is 2.34. The van der Waals surface area contributed by atoms with Gasteiger partial charge in [-0.2, -0.15) is 0 Å². The lowest BCUT2D eigenvalue weighted by atomic mass is 10.2. The Labute approximate surface area is 74.5 Å². The molecule has 0 aliphatic carbocycles. The topological polar surface area (TPSA) is 56.3 Å². The van der Waals surface area contributed by atoms with Crippen LogP contribution in [0.25, 0.3) is 0 Å². The Morgan fingerprint density at radius 1 is 1.27 bits per heavy atom. The molecule has 1 N–H and O–H groups in total. The van der Waals surface area contributed by atoms with Crippen LogP contribution in [0.4, 0.5) is 0 Å². The van der Waals surface area contributed by atoms with E-state index < -0.39 is 21.6 Å². The number of hydrogen-bond acceptors (Lipinski definition) is 3. The van der Waals surface area contributed by atoms with E-state index in [2.05, 4.69) is 0 Å². The van der Waals surface area contributed by atoms with Crippen molar-refractivity contribution in [2.75, 3.05) is 0 Å². The summed E-state index contributed by atoms with van der Waals surface area (Å²) in [7, 11) is 0. The van der Waals surface area contributed by atoms with Gasteiger partial charge in [0, 0.05) is 0 Å². The largest absolute Gasteiger partial charge is 0.870 e. The highest BCUT2D eigenvalue weighted by Gasteiger charge is 2.36. The molecular weight excluding hydrogens is 259 g/mol. The zero-order valence-electron chi connectivity index (χ0n) is 5.45. The van der Waals surface area contributed by atoms with Gasteiger partial charge in [0.1, 0.15) is 5.56 Å². The van der Waals surface area contributed by atoms with Crippen LogP contribution in [0.3, 0.4) is 0 Å². The van der Waals surface area contributed by atoms with E-state index >= 15 is 0 Å². The number of rotatable bonds is 0. The number of halogens is 1. The summed E-state index contributed by atoms with van der Waals surface area (Å²) < 4.78 is 6.00. The van der Waals surface area contributed by atoms with Crippen molar-refractivity contribution < 1.29 is 35.0 Å². The SMILES string of the molecule is O=C1O[I+]c2ccccc21.[OH-]. The van der Waals surface area contributed by atoms with Crippen LogP contribution in [0.5, 0.6) is 0 Å². The van der Waals surface area contributed by atoms with Crippen molar-refractivity contribution in [3.05, 3.63) is 33.4 Å². The maximum Gasteiger partial charge on any atom is 0.585 e. The molecule has 1 aliphatic heterocycles. The third kappa shape index (κ3) is 1.36. The molecule has 4 heteroatoms. The fraction of sp³-hybridized carbons (Fsp3) is 0. The van der Waals surface area contributed by atoms with Crippen LogP contribution >= 0.6 is 0 Å². The van der Waals surface area contributed by atoms with E-state index in [4.69, 9.17) is 3.07 Å². The Balaban J connectivity index is 0.000000605. The monoisotopic (exact) mass is 264 g/mol. The second kappa shape index (κ2) is 3.19. The van der Waals surface area contributed by atoms with Crippen molar-refractivity contribution in [1.82, 2.24) is 0 Å². The summed E-state index contributed by atoms with van der Waals surface area (Å²) in [6.07, 6.45) is 0. The summed E-state index contributed by atoms with van der Waals surface area (Å²) in [5.74, 6) is -0.150. The Bertz CT molecular complexity index is 285. The van der Waals surface area contributed by atoms with Crippen LogP contribution in [0.1, 0.15) is 10.4 Å². The fourth-order valence-corrected chi connectivity index (χ4v) is 2.48. The van der Waals surface area contributed by atoms with Gasteiger partial charge in [0.15, 0.2) is 0 Å². The Hall–Kier alpha value is -0.620. The first kappa shape index (κ1) is 8.48. The first-order valence-corrected chi connectivity index (χ1v) is 4.79. The number of benzene rings is 1. The second-order valence-corrected chi connectivity index (χ2v) is 3.96. The van der Waals surface area contributed by atoms with E-state index in [0.717, 1.165) is 9.13 Å². The van der Waals surface area contributed by atoms with E-state index in [1.54, 1.807) is 0 Å². The van der Waals surface area contributed by atoms with Crippen LogP contribution in [-0.4, -0.2) is 11.4 Å². The van der Waals surface area contributed by atoms with E-state index in [1.165, 1.54) is 0 Å². The molecule has 0 saturated carbocycles. The summed E-state index contributed by atoms with van der Waals surface area (Å²) in [4.78, 5) is 10.9. The summed E-state index contributed by atoms with van der Waals surface area (Å²) in [6, 6.07) is 7.55. The van der Waals surface area contributed by atoms with Gasteiger partial charge < -0.3 is 5.48 Å². The van der Waals surface area contributed by atoms with E-state index in [9.17, 15) is 4.79 Å². The molecule has 0 bridgehead atoms. The predicted octanol–water partition coefficient (Wildman–Crippen LogP) is -2.15. The molecule has 0 fully saturated rings. The lowest BCUT2D eigenvalue weighted by molar-refractivity contribution is -0.842. The van der Waals surface area contributed by atoms with Crippen molar-refractivity contribution in [1.29, 1.82) is 0 Å². The minimum absolute atomic E-state index is 0. The number of hydrogen-bond donors (Lipinski definition) is 0. The molecular formula is C7H5IO3. The highest BCUT2D eigenvalue weighted by Crippen LogP contribution is 2.01. The maximum absolute atomic E-state index is 10.9. The van der Waals surface area contributed by atoms with Gasteiger partial charge in [-0.3, -0.25) is 0 Å². The lowest BCUT2D eigenvalue weighted by Gasteiger charge is -1.79. The van der Waals surface area contributed by atoms with Gasteiger partial charge in [-0.15, -0.1) is 0 Å². The first-order valence-electron chi connectivity index (χ1n) is 2.83. The van der Waals surface area contributed by atoms with Crippen LogP contribution in [0.15, 0.2) is 24.3 Å². The molecule has 1 aliphatic rings. The number of carbonyl (C=O) groups is 1. The van der Waals surface area contributed by atoms with Gasteiger partial charge in [-0.25, -0.2) is 7.86 Å². The molecule has 1 heterocycles. The summed E-state index contributed by atoms with van der Waals surface area (Å²) in [6.45, 7) is 0. The molecule has 0 amide bonds. The van der Waals surface area contributed by atoms with Crippen molar-refractivity contribution in [3.8, 4) is 0 Å². The molecule has 0 atom stereocenters. The zero-order valence-corrected chi connectivity index (χ0v) is 7.61. The van der Waals surface area contributed by atoms with Gasteiger partial charge in [-0.05, 0) is 12.1 Å². The smallest absolute Gasteiger partial charge is 0.585 e. The zero-order chi connectivity index (χ0) is 6.97.